The van der Waals surface area contributed by atoms with Crippen LogP contribution in [-0.4, -0.2) is 20.9 Å². The van der Waals surface area contributed by atoms with Crippen molar-refractivity contribution < 1.29 is 9.59 Å². The Labute approximate surface area is 102 Å². The van der Waals surface area contributed by atoms with E-state index in [0.717, 1.165) is 0 Å². The van der Waals surface area contributed by atoms with Crippen LogP contribution in [0, 0.1) is 0 Å². The number of fused-ring (bicyclic) bond motifs is 1. The summed E-state index contributed by atoms with van der Waals surface area (Å²) in [6.45, 7) is -0.462. The first-order valence-electron chi connectivity index (χ1n) is 5.25. The Kier molecular flexibility index (Phi) is 2.88. The molecule has 0 spiro atoms. The lowest BCUT2D eigenvalue weighted by Crippen LogP contribution is -2.32. The molecule has 0 atom stereocenters. The minimum Gasteiger partial charge on any atom is -0.368 e. The third kappa shape index (κ3) is 1.97. The minimum atomic E-state index is -0.626. The second kappa shape index (κ2) is 4.36. The molecule has 1 aromatic carbocycles. The Morgan fingerprint density at radius 2 is 1.33 bits per heavy atom. The summed E-state index contributed by atoms with van der Waals surface area (Å²) in [6.07, 6.45) is 0. The number of hydrogen-bond acceptors (Lipinski definition) is 3. The maximum atomic E-state index is 12.1. The van der Waals surface area contributed by atoms with Gasteiger partial charge in [0.2, 0.25) is 11.8 Å². The molecule has 0 aliphatic heterocycles. The second-order valence-corrected chi connectivity index (χ2v) is 3.88. The van der Waals surface area contributed by atoms with Crippen LogP contribution in [0.1, 0.15) is 0 Å². The van der Waals surface area contributed by atoms with Gasteiger partial charge in [0.15, 0.2) is 0 Å². The molecule has 7 heteroatoms. The molecular weight excluding hydrogens is 236 g/mol. The fourth-order valence-corrected chi connectivity index (χ4v) is 1.89. The van der Waals surface area contributed by atoms with Gasteiger partial charge in [0, 0.05) is 0 Å². The summed E-state index contributed by atoms with van der Waals surface area (Å²) in [7, 11) is 0. The van der Waals surface area contributed by atoms with Crippen LogP contribution < -0.4 is 17.2 Å². The highest BCUT2D eigenvalue weighted by Gasteiger charge is 2.14. The fraction of sp³-hybridized carbons (Fsp3) is 0.182. The van der Waals surface area contributed by atoms with Gasteiger partial charge in [-0.1, -0.05) is 12.1 Å². The smallest absolute Gasteiger partial charge is 0.330 e. The van der Waals surface area contributed by atoms with Crippen molar-refractivity contribution in [1.82, 2.24) is 9.13 Å². The predicted molar refractivity (Wildman–Crippen MR) is 64.6 cm³/mol. The molecule has 2 rings (SSSR count). The Balaban J connectivity index is 2.71. The molecule has 4 N–H and O–H groups in total. The topological polar surface area (TPSA) is 113 Å². The zero-order valence-corrected chi connectivity index (χ0v) is 9.50. The highest BCUT2D eigenvalue weighted by atomic mass is 16.2. The fourth-order valence-electron chi connectivity index (χ4n) is 1.89. The zero-order chi connectivity index (χ0) is 13.3. The Bertz CT molecular complexity index is 627. The minimum absolute atomic E-state index is 0.231. The number of benzene rings is 1. The normalized spacial score (nSPS) is 10.7. The monoisotopic (exact) mass is 248 g/mol. The van der Waals surface area contributed by atoms with Crippen molar-refractivity contribution in [3.8, 4) is 0 Å². The standard InChI is InChI=1S/C11H12N4O3/c12-9(16)5-14-7-3-1-2-4-8(7)15(11(14)18)6-10(13)17/h1-4H,5-6H2,(H2,12,16)(H2,13,17). The maximum Gasteiger partial charge on any atom is 0.330 e. The molecule has 0 aliphatic rings. The first kappa shape index (κ1) is 11.9. The molecule has 7 nitrogen and oxygen atoms in total. The molecule has 0 saturated carbocycles. The van der Waals surface area contributed by atoms with Gasteiger partial charge < -0.3 is 11.5 Å². The Morgan fingerprint density at radius 1 is 0.944 bits per heavy atom. The number of nitrogens with two attached hydrogens (primary N) is 2. The highest BCUT2D eigenvalue weighted by molar-refractivity contribution is 5.82. The Hall–Kier alpha value is -2.57. The Morgan fingerprint density at radius 3 is 1.67 bits per heavy atom. The van der Waals surface area contributed by atoms with E-state index in [0.29, 0.717) is 11.0 Å². The molecule has 1 aromatic heterocycles. The first-order chi connectivity index (χ1) is 8.50. The van der Waals surface area contributed by atoms with Gasteiger partial charge in [0.25, 0.3) is 0 Å². The number of rotatable bonds is 4. The average Bonchev–Trinajstić information content (AvgIpc) is 2.54. The van der Waals surface area contributed by atoms with E-state index in [2.05, 4.69) is 0 Å². The lowest BCUT2D eigenvalue weighted by molar-refractivity contribution is -0.119. The van der Waals surface area contributed by atoms with Crippen LogP contribution in [0.3, 0.4) is 0 Å². The summed E-state index contributed by atoms with van der Waals surface area (Å²) < 4.78 is 2.45. The quantitative estimate of drug-likeness (QED) is 0.706. The zero-order valence-electron chi connectivity index (χ0n) is 9.50. The summed E-state index contributed by atoms with van der Waals surface area (Å²) in [5.41, 5.74) is 10.8. The van der Waals surface area contributed by atoms with Crippen molar-refractivity contribution in [3.05, 3.63) is 34.7 Å². The molecule has 2 amide bonds. The summed E-state index contributed by atoms with van der Waals surface area (Å²) in [6, 6.07) is 6.82. The van der Waals surface area contributed by atoms with Crippen molar-refractivity contribution in [3.63, 3.8) is 0 Å². The van der Waals surface area contributed by atoms with E-state index >= 15 is 0 Å². The van der Waals surface area contributed by atoms with Crippen LogP contribution in [0.2, 0.25) is 0 Å². The molecule has 0 saturated heterocycles. The van der Waals surface area contributed by atoms with Gasteiger partial charge in [0.1, 0.15) is 13.1 Å². The third-order valence-corrected chi connectivity index (χ3v) is 2.55. The predicted octanol–water partition coefficient (Wildman–Crippen LogP) is -1.23. The molecule has 0 aliphatic carbocycles. The van der Waals surface area contributed by atoms with Crippen LogP contribution in [0.5, 0.6) is 0 Å². The van der Waals surface area contributed by atoms with Gasteiger partial charge in [-0.25, -0.2) is 4.79 Å². The SMILES string of the molecule is NC(=O)Cn1c(=O)n(CC(N)=O)c2ccccc21. The van der Waals surface area contributed by atoms with Crippen molar-refractivity contribution in [2.75, 3.05) is 0 Å². The van der Waals surface area contributed by atoms with Crippen LogP contribution in [-0.2, 0) is 22.7 Å². The molecule has 2 aromatic rings. The number of nitrogens with zero attached hydrogens (tertiary/aromatic N) is 2. The first-order valence-corrected chi connectivity index (χ1v) is 5.25. The van der Waals surface area contributed by atoms with Crippen molar-refractivity contribution >= 4 is 22.8 Å². The molecule has 0 unspecified atom stereocenters. The van der Waals surface area contributed by atoms with E-state index in [-0.39, 0.29) is 13.1 Å². The van der Waals surface area contributed by atoms with E-state index in [9.17, 15) is 14.4 Å². The van der Waals surface area contributed by atoms with Gasteiger partial charge in [0.05, 0.1) is 11.0 Å². The van der Waals surface area contributed by atoms with Crippen LogP contribution in [0.15, 0.2) is 29.1 Å². The van der Waals surface area contributed by atoms with Crippen LogP contribution in [0.25, 0.3) is 11.0 Å². The summed E-state index contributed by atoms with van der Waals surface area (Å²) in [4.78, 5) is 34.0. The number of primary amides is 2. The molecular formula is C11H12N4O3. The lowest BCUT2D eigenvalue weighted by Gasteiger charge is -1.97. The number of carbonyl (C=O) groups is 2. The summed E-state index contributed by atoms with van der Waals surface area (Å²) >= 11 is 0. The van der Waals surface area contributed by atoms with Crippen LogP contribution in [0.4, 0.5) is 0 Å². The van der Waals surface area contributed by atoms with Crippen molar-refractivity contribution in [2.24, 2.45) is 11.5 Å². The largest absolute Gasteiger partial charge is 0.368 e. The van der Waals surface area contributed by atoms with E-state index in [1.807, 2.05) is 0 Å². The number of carbonyl (C=O) groups excluding carboxylic acids is 2. The molecule has 0 fully saturated rings. The summed E-state index contributed by atoms with van der Waals surface area (Å²) in [5.74, 6) is -1.25. The number of imidazole rings is 1. The second-order valence-electron chi connectivity index (χ2n) is 3.88. The lowest BCUT2D eigenvalue weighted by atomic mass is 10.3. The van der Waals surface area contributed by atoms with Crippen molar-refractivity contribution in [2.45, 2.75) is 13.1 Å². The molecule has 0 radical (unpaired) electrons. The molecule has 18 heavy (non-hydrogen) atoms. The molecule has 94 valence electrons. The van der Waals surface area contributed by atoms with E-state index < -0.39 is 17.5 Å². The molecule has 1 heterocycles. The van der Waals surface area contributed by atoms with Gasteiger partial charge in [-0.15, -0.1) is 0 Å². The number of para-hydroxylation sites is 2. The van der Waals surface area contributed by atoms with Gasteiger partial charge in [-0.3, -0.25) is 18.7 Å². The van der Waals surface area contributed by atoms with Gasteiger partial charge in [-0.05, 0) is 12.1 Å². The number of amides is 2. The maximum absolute atomic E-state index is 12.1. The van der Waals surface area contributed by atoms with Crippen LogP contribution >= 0.6 is 0 Å². The number of hydrogen-bond donors (Lipinski definition) is 2. The third-order valence-electron chi connectivity index (χ3n) is 2.55. The van der Waals surface area contributed by atoms with E-state index in [1.165, 1.54) is 9.13 Å². The van der Waals surface area contributed by atoms with E-state index in [4.69, 9.17) is 11.5 Å². The van der Waals surface area contributed by atoms with E-state index in [1.54, 1.807) is 24.3 Å². The van der Waals surface area contributed by atoms with Crippen molar-refractivity contribution in [1.29, 1.82) is 0 Å². The molecule has 0 bridgehead atoms. The highest BCUT2D eigenvalue weighted by Crippen LogP contribution is 2.12. The number of aromatic nitrogens is 2. The van der Waals surface area contributed by atoms with Gasteiger partial charge >= 0.3 is 5.69 Å². The van der Waals surface area contributed by atoms with Gasteiger partial charge in [-0.2, -0.15) is 0 Å². The average molecular weight is 248 g/mol. The summed E-state index contributed by atoms with van der Waals surface area (Å²) in [5, 5.41) is 0.